The molecule has 0 amide bonds. The molecule has 19 heavy (non-hydrogen) atoms. The number of carbonyl (C=O) groups excluding carboxylic acids is 1. The molecule has 0 bridgehead atoms. The molecule has 0 unspecified atom stereocenters. The lowest BCUT2D eigenvalue weighted by molar-refractivity contribution is -0.135. The van der Waals surface area contributed by atoms with Crippen LogP contribution in [0.2, 0.25) is 0 Å². The Kier molecular flexibility index (Phi) is 4.19. The summed E-state index contributed by atoms with van der Waals surface area (Å²) in [6.07, 6.45) is 1.46. The first-order valence-corrected chi connectivity index (χ1v) is 6.26. The number of piperidine rings is 1. The van der Waals surface area contributed by atoms with E-state index in [1.807, 2.05) is 24.3 Å². The number of rotatable bonds is 2. The molecule has 1 saturated heterocycles. The molecule has 1 aromatic carbocycles. The van der Waals surface area contributed by atoms with Crippen LogP contribution in [0.3, 0.4) is 0 Å². The summed E-state index contributed by atoms with van der Waals surface area (Å²) in [5.41, 5.74) is 2.26. The summed E-state index contributed by atoms with van der Waals surface area (Å²) in [7, 11) is 1.30. The van der Waals surface area contributed by atoms with E-state index in [1.165, 1.54) is 12.8 Å². The van der Waals surface area contributed by atoms with Crippen LogP contribution in [0.1, 0.15) is 12.8 Å². The molecule has 0 N–H and O–H groups in total. The zero-order chi connectivity index (χ0) is 13.7. The Morgan fingerprint density at radius 2 is 1.89 bits per heavy atom. The van der Waals surface area contributed by atoms with Gasteiger partial charge >= 0.3 is 5.97 Å². The van der Waals surface area contributed by atoms with E-state index in [9.17, 15) is 4.79 Å². The summed E-state index contributed by atoms with van der Waals surface area (Å²) >= 11 is 0. The maximum atomic E-state index is 11.5. The van der Waals surface area contributed by atoms with E-state index >= 15 is 0 Å². The smallest absolute Gasteiger partial charge is 0.348 e. The van der Waals surface area contributed by atoms with Crippen LogP contribution in [0.4, 0.5) is 5.69 Å². The first-order valence-electron chi connectivity index (χ1n) is 6.26. The Morgan fingerprint density at radius 1 is 1.26 bits per heavy atom. The van der Waals surface area contributed by atoms with Gasteiger partial charge in [0.05, 0.1) is 7.11 Å². The summed E-state index contributed by atoms with van der Waals surface area (Å²) < 4.78 is 4.64. The second-order valence-corrected chi connectivity index (χ2v) is 4.40. The molecule has 0 radical (unpaired) electrons. The van der Waals surface area contributed by atoms with Gasteiger partial charge in [0.2, 0.25) is 0 Å². The van der Waals surface area contributed by atoms with Crippen LogP contribution in [0.5, 0.6) is 0 Å². The van der Waals surface area contributed by atoms with E-state index in [-0.39, 0.29) is 5.57 Å². The standard InChI is InChI=1S/C15H16N2O2/c1-19-15(18)14(11-16)12-7-9-17(10-8-12)13-5-3-2-4-6-13/h2-6H,7-10H2,1H3. The fourth-order valence-electron chi connectivity index (χ4n) is 2.29. The number of nitrogens with zero attached hydrogens (tertiary/aromatic N) is 2. The Bertz CT molecular complexity index is 519. The van der Waals surface area contributed by atoms with Crippen molar-refractivity contribution in [3.63, 3.8) is 0 Å². The van der Waals surface area contributed by atoms with Gasteiger partial charge in [-0.3, -0.25) is 0 Å². The van der Waals surface area contributed by atoms with Crippen molar-refractivity contribution in [2.24, 2.45) is 0 Å². The average Bonchev–Trinajstić information content (AvgIpc) is 2.49. The quantitative estimate of drug-likeness (QED) is 0.463. The topological polar surface area (TPSA) is 53.3 Å². The monoisotopic (exact) mass is 256 g/mol. The number of anilines is 1. The van der Waals surface area contributed by atoms with Crippen molar-refractivity contribution in [3.8, 4) is 6.07 Å². The number of ether oxygens (including phenoxy) is 1. The number of hydrogen-bond donors (Lipinski definition) is 0. The molecule has 0 spiro atoms. The number of esters is 1. The molecule has 4 heteroatoms. The van der Waals surface area contributed by atoms with Crippen molar-refractivity contribution < 1.29 is 9.53 Å². The summed E-state index contributed by atoms with van der Waals surface area (Å²) in [5.74, 6) is -0.523. The van der Waals surface area contributed by atoms with Crippen molar-refractivity contribution >= 4 is 11.7 Å². The van der Waals surface area contributed by atoms with Crippen LogP contribution < -0.4 is 4.90 Å². The average molecular weight is 256 g/mol. The third kappa shape index (κ3) is 2.94. The number of carbonyl (C=O) groups is 1. The molecule has 98 valence electrons. The van der Waals surface area contributed by atoms with Crippen LogP contribution in [-0.2, 0) is 9.53 Å². The molecule has 0 atom stereocenters. The second kappa shape index (κ2) is 6.05. The third-order valence-corrected chi connectivity index (χ3v) is 3.34. The van der Waals surface area contributed by atoms with Gasteiger partial charge in [0.1, 0.15) is 11.6 Å². The first kappa shape index (κ1) is 13.2. The predicted octanol–water partition coefficient (Wildman–Crippen LogP) is 2.28. The highest BCUT2D eigenvalue weighted by atomic mass is 16.5. The molecular weight excluding hydrogens is 240 g/mol. The van der Waals surface area contributed by atoms with Gasteiger partial charge in [-0.1, -0.05) is 18.2 Å². The summed E-state index contributed by atoms with van der Waals surface area (Å²) in [4.78, 5) is 13.7. The van der Waals surface area contributed by atoms with Gasteiger partial charge in [-0.25, -0.2) is 4.79 Å². The second-order valence-electron chi connectivity index (χ2n) is 4.40. The van der Waals surface area contributed by atoms with Crippen molar-refractivity contribution in [1.82, 2.24) is 0 Å². The van der Waals surface area contributed by atoms with Gasteiger partial charge in [-0.05, 0) is 30.5 Å². The minimum absolute atomic E-state index is 0.176. The fraction of sp³-hybridized carbons (Fsp3) is 0.333. The van der Waals surface area contributed by atoms with Gasteiger partial charge in [-0.15, -0.1) is 0 Å². The molecule has 2 rings (SSSR count). The SMILES string of the molecule is COC(=O)C(C#N)=C1CCN(c2ccccc2)CC1. The minimum atomic E-state index is -0.523. The highest BCUT2D eigenvalue weighted by molar-refractivity contribution is 5.93. The van der Waals surface area contributed by atoms with E-state index in [4.69, 9.17) is 5.26 Å². The Hall–Kier alpha value is -2.28. The molecule has 4 nitrogen and oxygen atoms in total. The predicted molar refractivity (Wildman–Crippen MR) is 72.5 cm³/mol. The number of hydrogen-bond acceptors (Lipinski definition) is 4. The maximum absolute atomic E-state index is 11.5. The number of benzene rings is 1. The largest absolute Gasteiger partial charge is 0.465 e. The normalized spacial score (nSPS) is 14.7. The van der Waals surface area contributed by atoms with Crippen LogP contribution in [0.25, 0.3) is 0 Å². The Balaban J connectivity index is 2.09. The molecule has 0 aromatic heterocycles. The van der Waals surface area contributed by atoms with Crippen LogP contribution in [0, 0.1) is 11.3 Å². The van der Waals surface area contributed by atoms with E-state index in [2.05, 4.69) is 21.8 Å². The highest BCUT2D eigenvalue weighted by Crippen LogP contribution is 2.24. The van der Waals surface area contributed by atoms with Gasteiger partial charge in [0.15, 0.2) is 0 Å². The zero-order valence-electron chi connectivity index (χ0n) is 10.9. The molecule has 1 fully saturated rings. The molecular formula is C15H16N2O2. The maximum Gasteiger partial charge on any atom is 0.348 e. The van der Waals surface area contributed by atoms with E-state index < -0.39 is 5.97 Å². The third-order valence-electron chi connectivity index (χ3n) is 3.34. The van der Waals surface area contributed by atoms with E-state index in [1.54, 1.807) is 0 Å². The summed E-state index contributed by atoms with van der Waals surface area (Å²) in [6.45, 7) is 1.64. The zero-order valence-corrected chi connectivity index (χ0v) is 10.9. The lowest BCUT2D eigenvalue weighted by Gasteiger charge is -2.30. The molecule has 1 aliphatic heterocycles. The highest BCUT2D eigenvalue weighted by Gasteiger charge is 2.21. The van der Waals surface area contributed by atoms with Crippen molar-refractivity contribution in [2.75, 3.05) is 25.1 Å². The van der Waals surface area contributed by atoms with E-state index in [0.29, 0.717) is 0 Å². The van der Waals surface area contributed by atoms with Gasteiger partial charge in [0, 0.05) is 18.8 Å². The lowest BCUT2D eigenvalue weighted by atomic mass is 9.98. The van der Waals surface area contributed by atoms with Crippen molar-refractivity contribution in [2.45, 2.75) is 12.8 Å². The number of methoxy groups -OCH3 is 1. The first-order chi connectivity index (χ1) is 9.26. The molecule has 1 aliphatic rings. The van der Waals surface area contributed by atoms with Gasteiger partial charge in [0.25, 0.3) is 0 Å². The Morgan fingerprint density at radius 3 is 2.42 bits per heavy atom. The van der Waals surface area contributed by atoms with E-state index in [0.717, 1.165) is 31.5 Å². The summed E-state index contributed by atoms with van der Waals surface area (Å²) in [6, 6.07) is 12.1. The van der Waals surface area contributed by atoms with Gasteiger partial charge in [-0.2, -0.15) is 5.26 Å². The molecule has 1 aromatic rings. The van der Waals surface area contributed by atoms with Crippen LogP contribution in [0.15, 0.2) is 41.5 Å². The van der Waals surface area contributed by atoms with Crippen molar-refractivity contribution in [3.05, 3.63) is 41.5 Å². The van der Waals surface area contributed by atoms with Crippen LogP contribution in [-0.4, -0.2) is 26.2 Å². The Labute approximate surface area is 112 Å². The van der Waals surface area contributed by atoms with Crippen LogP contribution >= 0.6 is 0 Å². The fourth-order valence-corrected chi connectivity index (χ4v) is 2.29. The summed E-state index contributed by atoms with van der Waals surface area (Å²) in [5, 5.41) is 9.04. The lowest BCUT2D eigenvalue weighted by Crippen LogP contribution is -2.31. The number of para-hydroxylation sites is 1. The number of nitriles is 1. The van der Waals surface area contributed by atoms with Crippen molar-refractivity contribution in [1.29, 1.82) is 5.26 Å². The molecule has 1 heterocycles. The molecule has 0 aliphatic carbocycles. The van der Waals surface area contributed by atoms with Gasteiger partial charge < -0.3 is 9.64 Å². The minimum Gasteiger partial charge on any atom is -0.465 e. The molecule has 0 saturated carbocycles.